The van der Waals surface area contributed by atoms with Gasteiger partial charge in [-0.2, -0.15) is 0 Å². The zero-order valence-electron chi connectivity index (χ0n) is 15.8. The Kier molecular flexibility index (Phi) is 5.75. The van der Waals surface area contributed by atoms with Crippen molar-refractivity contribution in [2.24, 2.45) is 0 Å². The van der Waals surface area contributed by atoms with Gasteiger partial charge in [-0.15, -0.1) is 0 Å². The Hall–Kier alpha value is -5.48. The highest BCUT2D eigenvalue weighted by molar-refractivity contribution is 6.32. The van der Waals surface area contributed by atoms with E-state index in [9.17, 15) is 79.2 Å². The number of aromatic carboxylic acids is 4. The largest absolute Gasteiger partial charge is 0.478 e. The fraction of sp³-hybridized carbons (Fsp3) is 0.0588. The van der Waals surface area contributed by atoms with Gasteiger partial charge in [0.2, 0.25) is 0 Å². The van der Waals surface area contributed by atoms with E-state index in [2.05, 4.69) is 4.74 Å². The summed E-state index contributed by atoms with van der Waals surface area (Å²) >= 11 is 0. The zero-order chi connectivity index (χ0) is 26.4. The quantitative estimate of drug-likeness (QED) is 0.199. The van der Waals surface area contributed by atoms with Gasteiger partial charge in [0, 0.05) is 5.56 Å². The standard InChI is InChI=1S/C17H8O17/c18-9(19)2-1-5(12(24)25)7(14(28)29)17(15(30)31,16(32)33)34-8(1)6(13(26)27)4(11(22)23)3(2)10(20)21/h(H,18,19)(H,20,21)(H,22,23)(H,24,25)(H,26,27)(H,28,29)(H,30,31)(H,32,33). The number of carboxylic acid groups (broad SMARTS) is 8. The number of fused-ring (bicyclic) bond motifs is 1. The van der Waals surface area contributed by atoms with Crippen LogP contribution in [0.25, 0.3) is 5.57 Å². The predicted molar refractivity (Wildman–Crippen MR) is 95.1 cm³/mol. The zero-order valence-corrected chi connectivity index (χ0v) is 15.8. The molecule has 1 aliphatic heterocycles. The molecule has 0 atom stereocenters. The second-order valence-corrected chi connectivity index (χ2v) is 6.18. The molecule has 178 valence electrons. The van der Waals surface area contributed by atoms with Crippen LogP contribution in [-0.4, -0.2) is 94.2 Å². The van der Waals surface area contributed by atoms with E-state index in [1.807, 2.05) is 0 Å². The number of carbonyl (C=O) groups is 8. The molecule has 0 amide bonds. The van der Waals surface area contributed by atoms with Gasteiger partial charge >= 0.3 is 53.4 Å². The summed E-state index contributed by atoms with van der Waals surface area (Å²) in [7, 11) is 0. The molecule has 0 radical (unpaired) electrons. The Bertz CT molecular complexity index is 1280. The smallest absolute Gasteiger partial charge is 0.365 e. The highest BCUT2D eigenvalue weighted by Crippen LogP contribution is 2.48. The van der Waals surface area contributed by atoms with Gasteiger partial charge < -0.3 is 45.6 Å². The van der Waals surface area contributed by atoms with E-state index in [0.29, 0.717) is 0 Å². The highest BCUT2D eigenvalue weighted by Gasteiger charge is 2.62. The minimum absolute atomic E-state index is 1.68. The molecular formula is C17H8O17. The summed E-state index contributed by atoms with van der Waals surface area (Å²) in [6.45, 7) is 0. The van der Waals surface area contributed by atoms with Crippen LogP contribution >= 0.6 is 0 Å². The van der Waals surface area contributed by atoms with E-state index in [4.69, 9.17) is 0 Å². The van der Waals surface area contributed by atoms with Gasteiger partial charge in [0.1, 0.15) is 16.9 Å². The fourth-order valence-electron chi connectivity index (χ4n) is 3.28. The van der Waals surface area contributed by atoms with Crippen molar-refractivity contribution in [3.63, 3.8) is 0 Å². The summed E-state index contributed by atoms with van der Waals surface area (Å²) in [6.07, 6.45) is 0. The Morgan fingerprint density at radius 3 is 1.18 bits per heavy atom. The summed E-state index contributed by atoms with van der Waals surface area (Å²) in [5.74, 6) is -22.1. The van der Waals surface area contributed by atoms with Crippen molar-refractivity contribution in [1.29, 1.82) is 0 Å². The van der Waals surface area contributed by atoms with E-state index in [0.717, 1.165) is 0 Å². The normalized spacial score (nSPS) is 13.8. The van der Waals surface area contributed by atoms with Crippen molar-refractivity contribution in [3.8, 4) is 5.75 Å². The molecule has 0 saturated heterocycles. The maximum atomic E-state index is 12.0. The number of carboxylic acids is 8. The lowest BCUT2D eigenvalue weighted by Gasteiger charge is -2.34. The highest BCUT2D eigenvalue weighted by atomic mass is 16.6. The molecule has 1 aromatic rings. The molecule has 17 heteroatoms. The third-order valence-electron chi connectivity index (χ3n) is 4.45. The van der Waals surface area contributed by atoms with E-state index in [-0.39, 0.29) is 0 Å². The van der Waals surface area contributed by atoms with E-state index in [1.165, 1.54) is 0 Å². The van der Waals surface area contributed by atoms with Crippen LogP contribution < -0.4 is 4.74 Å². The first-order valence-corrected chi connectivity index (χ1v) is 8.08. The molecule has 0 fully saturated rings. The number of ether oxygens (including phenoxy) is 1. The van der Waals surface area contributed by atoms with Crippen LogP contribution in [0, 0.1) is 0 Å². The summed E-state index contributed by atoms with van der Waals surface area (Å²) in [5, 5.41) is 75.8. The Balaban J connectivity index is 3.55. The molecule has 0 saturated carbocycles. The van der Waals surface area contributed by atoms with Crippen molar-refractivity contribution in [1.82, 2.24) is 0 Å². The number of rotatable bonds is 8. The van der Waals surface area contributed by atoms with Crippen LogP contribution in [0.5, 0.6) is 5.75 Å². The molecule has 0 aromatic heterocycles. The topological polar surface area (TPSA) is 308 Å². The van der Waals surface area contributed by atoms with Gasteiger partial charge in [-0.3, -0.25) is 0 Å². The lowest BCUT2D eigenvalue weighted by molar-refractivity contribution is -0.170. The minimum atomic E-state index is -4.23. The van der Waals surface area contributed by atoms with Crippen molar-refractivity contribution >= 4 is 53.3 Å². The fourth-order valence-corrected chi connectivity index (χ4v) is 3.28. The maximum absolute atomic E-state index is 12.0. The lowest BCUT2D eigenvalue weighted by Crippen LogP contribution is -2.57. The second kappa shape index (κ2) is 7.89. The molecule has 0 unspecified atom stereocenters. The molecule has 2 rings (SSSR count). The predicted octanol–water partition coefficient (Wildman–Crippen LogP) is -1.30. The van der Waals surface area contributed by atoms with E-state index >= 15 is 0 Å². The number of hydrogen-bond acceptors (Lipinski definition) is 9. The first-order valence-electron chi connectivity index (χ1n) is 8.08. The van der Waals surface area contributed by atoms with E-state index < -0.39 is 98.1 Å². The third-order valence-corrected chi connectivity index (χ3v) is 4.45. The average molecular weight is 484 g/mol. The van der Waals surface area contributed by atoms with Gasteiger partial charge in [0.15, 0.2) is 0 Å². The van der Waals surface area contributed by atoms with Gasteiger partial charge in [0.25, 0.3) is 0 Å². The van der Waals surface area contributed by atoms with Crippen molar-refractivity contribution < 1.29 is 83.9 Å². The molecule has 8 N–H and O–H groups in total. The molecule has 0 bridgehead atoms. The Morgan fingerprint density at radius 1 is 0.500 bits per heavy atom. The summed E-state index contributed by atoms with van der Waals surface area (Å²) in [6, 6.07) is 0. The van der Waals surface area contributed by atoms with Crippen molar-refractivity contribution in [2.75, 3.05) is 0 Å². The van der Waals surface area contributed by atoms with Gasteiger partial charge in [-0.1, -0.05) is 0 Å². The minimum Gasteiger partial charge on any atom is -0.478 e. The third kappa shape index (κ3) is 3.20. The van der Waals surface area contributed by atoms with Gasteiger partial charge in [-0.25, -0.2) is 38.4 Å². The van der Waals surface area contributed by atoms with Crippen LogP contribution in [0.1, 0.15) is 47.0 Å². The summed E-state index contributed by atoms with van der Waals surface area (Å²) in [4.78, 5) is 94.5. The molecule has 17 nitrogen and oxygen atoms in total. The SMILES string of the molecule is O=C(O)C1=C(C(=O)O)C(C(=O)O)(C(=O)O)Oc2c(C(=O)O)c(C(=O)O)c(C(=O)O)c(C(=O)O)c21. The van der Waals surface area contributed by atoms with Crippen LogP contribution in [-0.2, 0) is 19.2 Å². The van der Waals surface area contributed by atoms with E-state index in [1.54, 1.807) is 0 Å². The van der Waals surface area contributed by atoms with Crippen molar-refractivity contribution in [3.05, 3.63) is 33.4 Å². The van der Waals surface area contributed by atoms with Crippen LogP contribution in [0.3, 0.4) is 0 Å². The van der Waals surface area contributed by atoms with Crippen LogP contribution in [0.15, 0.2) is 5.57 Å². The van der Waals surface area contributed by atoms with Crippen LogP contribution in [0.2, 0.25) is 0 Å². The lowest BCUT2D eigenvalue weighted by atomic mass is 9.78. The average Bonchev–Trinajstić information content (AvgIpc) is 2.68. The molecule has 0 aliphatic carbocycles. The van der Waals surface area contributed by atoms with Crippen molar-refractivity contribution in [2.45, 2.75) is 5.60 Å². The van der Waals surface area contributed by atoms with Gasteiger partial charge in [-0.05, 0) is 0 Å². The number of hydrogen-bond donors (Lipinski definition) is 8. The monoisotopic (exact) mass is 484 g/mol. The molecule has 1 heterocycles. The maximum Gasteiger partial charge on any atom is 0.365 e. The Morgan fingerprint density at radius 2 is 0.882 bits per heavy atom. The molecular weight excluding hydrogens is 476 g/mol. The molecule has 1 aliphatic rings. The summed E-state index contributed by atoms with van der Waals surface area (Å²) < 4.78 is 4.60. The van der Waals surface area contributed by atoms with Gasteiger partial charge in [0.05, 0.1) is 22.3 Å². The molecule has 0 spiro atoms. The first-order chi connectivity index (χ1) is 15.5. The van der Waals surface area contributed by atoms with Crippen LogP contribution in [0.4, 0.5) is 0 Å². The molecule has 34 heavy (non-hydrogen) atoms. The first kappa shape index (κ1) is 24.8. The molecule has 1 aromatic carbocycles. The second-order valence-electron chi connectivity index (χ2n) is 6.18. The Labute approximate surface area is 183 Å². The number of aliphatic carboxylic acids is 4. The summed E-state index contributed by atoms with van der Waals surface area (Å²) in [5.41, 5.74) is -17.4. The number of benzene rings is 1.